The summed E-state index contributed by atoms with van der Waals surface area (Å²) in [6.45, 7) is 0.406. The summed E-state index contributed by atoms with van der Waals surface area (Å²) in [7, 11) is 0. The summed E-state index contributed by atoms with van der Waals surface area (Å²) in [5.74, 6) is -2.16. The highest BCUT2D eigenvalue weighted by atomic mass is 19.4. The van der Waals surface area contributed by atoms with Crippen molar-refractivity contribution in [3.05, 3.63) is 0 Å². The number of nitrogens with zero attached hydrogens (tertiary/aromatic N) is 2. The highest BCUT2D eigenvalue weighted by Gasteiger charge is 2.43. The Balaban J connectivity index is 2.32. The molecule has 0 unspecified atom stereocenters. The molecule has 5 nitrogen and oxygen atoms in total. The standard InChI is InChI=1S/C11H14F3N3O2/c12-11(13,14)10(19)17-5-2-8(3-6-17)7-16-9(18)1-4-15/h8H,1-3,5-7H2,(H,16,18). The molecule has 2 amide bonds. The lowest BCUT2D eigenvalue weighted by molar-refractivity contribution is -0.186. The van der Waals surface area contributed by atoms with Crippen LogP contribution in [0.5, 0.6) is 0 Å². The average molecular weight is 277 g/mol. The molecule has 1 fully saturated rings. The number of piperidine rings is 1. The molecule has 1 aliphatic rings. The van der Waals surface area contributed by atoms with Crippen LogP contribution in [0.1, 0.15) is 19.3 Å². The van der Waals surface area contributed by atoms with Crippen molar-refractivity contribution in [2.45, 2.75) is 25.4 Å². The molecule has 0 radical (unpaired) electrons. The fourth-order valence-corrected chi connectivity index (χ4v) is 1.91. The maximum Gasteiger partial charge on any atom is 0.471 e. The predicted molar refractivity (Wildman–Crippen MR) is 58.6 cm³/mol. The first-order chi connectivity index (χ1) is 8.84. The fraction of sp³-hybridized carbons (Fsp3) is 0.727. The van der Waals surface area contributed by atoms with E-state index in [-0.39, 0.29) is 25.4 Å². The third-order valence-corrected chi connectivity index (χ3v) is 2.97. The minimum atomic E-state index is -4.83. The van der Waals surface area contributed by atoms with E-state index in [0.717, 1.165) is 4.90 Å². The van der Waals surface area contributed by atoms with Gasteiger partial charge in [-0.3, -0.25) is 9.59 Å². The number of halogens is 3. The van der Waals surface area contributed by atoms with Gasteiger partial charge in [0.1, 0.15) is 6.42 Å². The molecule has 0 aromatic carbocycles. The quantitative estimate of drug-likeness (QED) is 0.830. The van der Waals surface area contributed by atoms with Gasteiger partial charge in [0.2, 0.25) is 5.91 Å². The number of rotatable bonds is 3. The molecule has 1 rings (SSSR count). The Morgan fingerprint density at radius 1 is 1.32 bits per heavy atom. The van der Waals surface area contributed by atoms with Crippen LogP contribution in [0, 0.1) is 17.2 Å². The number of hydrogen-bond donors (Lipinski definition) is 1. The van der Waals surface area contributed by atoms with Gasteiger partial charge in [0, 0.05) is 19.6 Å². The van der Waals surface area contributed by atoms with Gasteiger partial charge in [-0.05, 0) is 18.8 Å². The number of hydrogen-bond acceptors (Lipinski definition) is 3. The van der Waals surface area contributed by atoms with Gasteiger partial charge in [-0.2, -0.15) is 18.4 Å². The second-order valence-corrected chi connectivity index (χ2v) is 4.37. The van der Waals surface area contributed by atoms with E-state index < -0.39 is 18.0 Å². The van der Waals surface area contributed by atoms with Gasteiger partial charge < -0.3 is 10.2 Å². The zero-order valence-corrected chi connectivity index (χ0v) is 10.2. The zero-order chi connectivity index (χ0) is 14.5. The molecular formula is C11H14F3N3O2. The number of nitriles is 1. The minimum Gasteiger partial charge on any atom is -0.355 e. The topological polar surface area (TPSA) is 73.2 Å². The molecule has 1 N–H and O–H groups in total. The lowest BCUT2D eigenvalue weighted by atomic mass is 9.96. The highest BCUT2D eigenvalue weighted by molar-refractivity contribution is 5.82. The normalized spacial score (nSPS) is 16.8. The molecule has 19 heavy (non-hydrogen) atoms. The Morgan fingerprint density at radius 2 is 1.89 bits per heavy atom. The van der Waals surface area contributed by atoms with Crippen molar-refractivity contribution in [1.82, 2.24) is 10.2 Å². The molecule has 0 bridgehead atoms. The van der Waals surface area contributed by atoms with E-state index in [1.165, 1.54) is 0 Å². The van der Waals surface area contributed by atoms with E-state index in [9.17, 15) is 22.8 Å². The third-order valence-electron chi connectivity index (χ3n) is 2.97. The van der Waals surface area contributed by atoms with E-state index >= 15 is 0 Å². The van der Waals surface area contributed by atoms with Gasteiger partial charge in [-0.25, -0.2) is 0 Å². The molecule has 0 aliphatic carbocycles. The van der Waals surface area contributed by atoms with Gasteiger partial charge in [-0.15, -0.1) is 0 Å². The second kappa shape index (κ2) is 6.41. The van der Waals surface area contributed by atoms with E-state index in [2.05, 4.69) is 5.32 Å². The summed E-state index contributed by atoms with van der Waals surface area (Å²) in [5, 5.41) is 10.8. The van der Waals surface area contributed by atoms with Gasteiger partial charge >= 0.3 is 12.1 Å². The van der Waals surface area contributed by atoms with E-state index in [1.54, 1.807) is 6.07 Å². The van der Waals surface area contributed by atoms with E-state index in [1.807, 2.05) is 0 Å². The Hall–Kier alpha value is -1.78. The lowest BCUT2D eigenvalue weighted by Crippen LogP contribution is -2.46. The molecule has 0 atom stereocenters. The maximum atomic E-state index is 12.2. The molecule has 0 spiro atoms. The SMILES string of the molecule is N#CCC(=O)NCC1CCN(C(=O)C(F)(F)F)CC1. The summed E-state index contributed by atoms with van der Waals surface area (Å²) >= 11 is 0. The predicted octanol–water partition coefficient (Wildman–Crippen LogP) is 0.817. The largest absolute Gasteiger partial charge is 0.471 e. The van der Waals surface area contributed by atoms with Gasteiger partial charge in [-0.1, -0.05) is 0 Å². The van der Waals surface area contributed by atoms with Gasteiger partial charge in [0.05, 0.1) is 6.07 Å². The van der Waals surface area contributed by atoms with Crippen LogP contribution in [0.15, 0.2) is 0 Å². The first-order valence-electron chi connectivity index (χ1n) is 5.84. The van der Waals surface area contributed by atoms with Crippen LogP contribution in [0.3, 0.4) is 0 Å². The molecule has 8 heteroatoms. The molecule has 0 saturated carbocycles. The maximum absolute atomic E-state index is 12.2. The molecule has 1 heterocycles. The van der Waals surface area contributed by atoms with Gasteiger partial charge in [0.15, 0.2) is 0 Å². The van der Waals surface area contributed by atoms with Crippen molar-refractivity contribution in [2.24, 2.45) is 5.92 Å². The summed E-state index contributed by atoms with van der Waals surface area (Å²) in [6, 6.07) is 1.70. The Labute approximate surface area is 108 Å². The number of carbonyl (C=O) groups is 2. The summed E-state index contributed by atoms with van der Waals surface area (Å²) in [5.41, 5.74) is 0. The van der Waals surface area contributed by atoms with Crippen molar-refractivity contribution in [3.63, 3.8) is 0 Å². The number of carbonyl (C=O) groups excluding carboxylic acids is 2. The number of nitrogens with one attached hydrogen (secondary N) is 1. The van der Waals surface area contributed by atoms with E-state index in [4.69, 9.17) is 5.26 Å². The number of amides is 2. The first-order valence-corrected chi connectivity index (χ1v) is 5.84. The van der Waals surface area contributed by atoms with Crippen LogP contribution in [-0.2, 0) is 9.59 Å². The molecule has 0 aromatic rings. The Kier molecular flexibility index (Phi) is 5.15. The number of alkyl halides is 3. The van der Waals surface area contributed by atoms with Crippen LogP contribution in [0.25, 0.3) is 0 Å². The smallest absolute Gasteiger partial charge is 0.355 e. The van der Waals surface area contributed by atoms with Crippen LogP contribution in [0.2, 0.25) is 0 Å². The van der Waals surface area contributed by atoms with Crippen molar-refractivity contribution in [3.8, 4) is 6.07 Å². The van der Waals surface area contributed by atoms with Crippen LogP contribution in [0.4, 0.5) is 13.2 Å². The summed E-state index contributed by atoms with van der Waals surface area (Å²) in [6.07, 6.45) is -4.23. The first kappa shape index (κ1) is 15.3. The van der Waals surface area contributed by atoms with Crippen molar-refractivity contribution in [1.29, 1.82) is 5.26 Å². The van der Waals surface area contributed by atoms with Crippen molar-refractivity contribution in [2.75, 3.05) is 19.6 Å². The van der Waals surface area contributed by atoms with Crippen molar-refractivity contribution < 1.29 is 22.8 Å². The molecular weight excluding hydrogens is 263 g/mol. The monoisotopic (exact) mass is 277 g/mol. The van der Waals surface area contributed by atoms with E-state index in [0.29, 0.717) is 19.4 Å². The van der Waals surface area contributed by atoms with Crippen LogP contribution >= 0.6 is 0 Å². The van der Waals surface area contributed by atoms with Crippen molar-refractivity contribution >= 4 is 11.8 Å². The minimum absolute atomic E-state index is 0.0388. The number of likely N-dealkylation sites (tertiary alicyclic amines) is 1. The fourth-order valence-electron chi connectivity index (χ4n) is 1.91. The third kappa shape index (κ3) is 4.77. The Bertz CT molecular complexity index is 382. The van der Waals surface area contributed by atoms with Gasteiger partial charge in [0.25, 0.3) is 0 Å². The Morgan fingerprint density at radius 3 is 2.37 bits per heavy atom. The average Bonchev–Trinajstić information content (AvgIpc) is 2.35. The molecule has 106 valence electrons. The lowest BCUT2D eigenvalue weighted by Gasteiger charge is -2.32. The van der Waals surface area contributed by atoms with Crippen LogP contribution < -0.4 is 5.32 Å². The second-order valence-electron chi connectivity index (χ2n) is 4.37. The zero-order valence-electron chi connectivity index (χ0n) is 10.2. The highest BCUT2D eigenvalue weighted by Crippen LogP contribution is 2.23. The molecule has 1 aliphatic heterocycles. The molecule has 0 aromatic heterocycles. The summed E-state index contributed by atoms with van der Waals surface area (Å²) < 4.78 is 36.6. The summed E-state index contributed by atoms with van der Waals surface area (Å²) in [4.78, 5) is 22.8. The molecule has 1 saturated heterocycles. The van der Waals surface area contributed by atoms with Crippen LogP contribution in [-0.4, -0.2) is 42.5 Å².